The summed E-state index contributed by atoms with van der Waals surface area (Å²) in [5.74, 6) is -0.599. The molecule has 0 radical (unpaired) electrons. The summed E-state index contributed by atoms with van der Waals surface area (Å²) in [5, 5.41) is 3.50. The summed E-state index contributed by atoms with van der Waals surface area (Å²) in [5.41, 5.74) is 2.23. The van der Waals surface area contributed by atoms with Gasteiger partial charge in [0.2, 0.25) is 11.8 Å². The number of anilines is 1. The van der Waals surface area contributed by atoms with E-state index in [2.05, 4.69) is 5.32 Å². The number of carbonyl (C=O) groups is 2. The van der Waals surface area contributed by atoms with Crippen molar-refractivity contribution in [2.75, 3.05) is 5.32 Å². The van der Waals surface area contributed by atoms with Gasteiger partial charge in [0.1, 0.15) is 5.82 Å². The Kier molecular flexibility index (Phi) is 4.81. The minimum atomic E-state index is -0.349. The highest BCUT2D eigenvalue weighted by molar-refractivity contribution is 6.30. The first-order chi connectivity index (χ1) is 11.5. The average molecular weight is 347 g/mol. The lowest BCUT2D eigenvalue weighted by Gasteiger charge is -2.14. The van der Waals surface area contributed by atoms with Gasteiger partial charge in [0.15, 0.2) is 0 Å². The minimum Gasteiger partial charge on any atom is -0.381 e. The van der Waals surface area contributed by atoms with E-state index in [1.807, 2.05) is 24.3 Å². The summed E-state index contributed by atoms with van der Waals surface area (Å²) in [6.45, 7) is 0.634. The second-order valence-electron chi connectivity index (χ2n) is 5.66. The van der Waals surface area contributed by atoms with Gasteiger partial charge in [0.25, 0.3) is 0 Å². The third-order valence-corrected chi connectivity index (χ3v) is 4.18. The van der Waals surface area contributed by atoms with Crippen LogP contribution >= 0.6 is 11.6 Å². The number of amides is 2. The molecular formula is C18H16ClFN2O2. The third kappa shape index (κ3) is 3.74. The summed E-state index contributed by atoms with van der Waals surface area (Å²) < 4.78 is 13.7. The molecule has 3 rings (SSSR count). The van der Waals surface area contributed by atoms with Crippen LogP contribution in [0.2, 0.25) is 5.02 Å². The van der Waals surface area contributed by atoms with Crippen LogP contribution in [0.3, 0.4) is 0 Å². The van der Waals surface area contributed by atoms with Gasteiger partial charge in [-0.1, -0.05) is 29.8 Å². The highest BCUT2D eigenvalue weighted by Gasteiger charge is 2.28. The summed E-state index contributed by atoms with van der Waals surface area (Å²) in [6, 6.07) is 11.9. The molecule has 1 fully saturated rings. The molecule has 0 atom stereocenters. The molecular weight excluding hydrogens is 331 g/mol. The Morgan fingerprint density at radius 3 is 2.33 bits per heavy atom. The quantitative estimate of drug-likeness (QED) is 0.839. The number of imide groups is 1. The second kappa shape index (κ2) is 7.01. The molecule has 124 valence electrons. The van der Waals surface area contributed by atoms with Gasteiger partial charge in [-0.05, 0) is 29.8 Å². The predicted molar refractivity (Wildman–Crippen MR) is 90.0 cm³/mol. The Morgan fingerprint density at radius 1 is 1.04 bits per heavy atom. The fraction of sp³-hybridized carbons (Fsp3) is 0.222. The van der Waals surface area contributed by atoms with Gasteiger partial charge < -0.3 is 5.32 Å². The highest BCUT2D eigenvalue weighted by Crippen LogP contribution is 2.19. The van der Waals surface area contributed by atoms with Crippen molar-refractivity contribution in [2.24, 2.45) is 0 Å². The number of carbonyl (C=O) groups excluding carboxylic acids is 2. The van der Waals surface area contributed by atoms with Crippen LogP contribution in [0.5, 0.6) is 0 Å². The molecule has 2 amide bonds. The van der Waals surface area contributed by atoms with Crippen molar-refractivity contribution in [1.29, 1.82) is 0 Å². The van der Waals surface area contributed by atoms with Crippen LogP contribution in [0.25, 0.3) is 0 Å². The Balaban J connectivity index is 1.60. The predicted octanol–water partition coefficient (Wildman–Crippen LogP) is 3.74. The van der Waals surface area contributed by atoms with Crippen LogP contribution in [0.15, 0.2) is 42.5 Å². The first kappa shape index (κ1) is 16.5. The zero-order valence-electron chi connectivity index (χ0n) is 12.9. The van der Waals surface area contributed by atoms with Gasteiger partial charge in [-0.25, -0.2) is 4.39 Å². The van der Waals surface area contributed by atoms with E-state index in [4.69, 9.17) is 11.6 Å². The lowest BCUT2D eigenvalue weighted by molar-refractivity contribution is -0.139. The van der Waals surface area contributed by atoms with E-state index in [-0.39, 0.29) is 17.6 Å². The number of benzene rings is 2. The highest BCUT2D eigenvalue weighted by atomic mass is 35.5. The van der Waals surface area contributed by atoms with E-state index >= 15 is 0 Å². The zero-order valence-corrected chi connectivity index (χ0v) is 13.6. The summed E-state index contributed by atoms with van der Waals surface area (Å²) in [7, 11) is 0. The van der Waals surface area contributed by atoms with E-state index in [1.165, 1.54) is 11.0 Å². The lowest BCUT2D eigenvalue weighted by Crippen LogP contribution is -2.28. The van der Waals surface area contributed by atoms with E-state index in [0.717, 1.165) is 11.3 Å². The van der Waals surface area contributed by atoms with E-state index in [0.29, 0.717) is 36.5 Å². The molecule has 0 bridgehead atoms. The Labute approximate surface area is 144 Å². The number of likely N-dealkylation sites (tertiary alicyclic amines) is 1. The molecule has 0 saturated carbocycles. The molecule has 1 N–H and O–H groups in total. The van der Waals surface area contributed by atoms with Gasteiger partial charge in [0.05, 0.1) is 6.54 Å². The first-order valence-corrected chi connectivity index (χ1v) is 8.00. The maximum Gasteiger partial charge on any atom is 0.229 e. The SMILES string of the molecule is O=C1CCC(=O)N1Cc1ccc(NCc2ccc(Cl)cc2F)cc1. The molecule has 1 aliphatic heterocycles. The normalized spacial score (nSPS) is 14.3. The molecule has 1 heterocycles. The molecule has 1 saturated heterocycles. The van der Waals surface area contributed by atoms with Crippen molar-refractivity contribution in [3.8, 4) is 0 Å². The van der Waals surface area contributed by atoms with Crippen LogP contribution in [0.4, 0.5) is 10.1 Å². The third-order valence-electron chi connectivity index (χ3n) is 3.95. The Bertz CT molecular complexity index is 761. The number of hydrogen-bond acceptors (Lipinski definition) is 3. The van der Waals surface area contributed by atoms with Gasteiger partial charge >= 0.3 is 0 Å². The Hall–Kier alpha value is -2.40. The van der Waals surface area contributed by atoms with Crippen molar-refractivity contribution < 1.29 is 14.0 Å². The first-order valence-electron chi connectivity index (χ1n) is 7.63. The molecule has 6 heteroatoms. The van der Waals surface area contributed by atoms with Crippen molar-refractivity contribution >= 4 is 29.1 Å². The van der Waals surface area contributed by atoms with Crippen LogP contribution in [0, 0.1) is 5.82 Å². The summed E-state index contributed by atoms with van der Waals surface area (Å²) in [6.07, 6.45) is 0.594. The van der Waals surface area contributed by atoms with Crippen molar-refractivity contribution in [1.82, 2.24) is 4.90 Å². The fourth-order valence-corrected chi connectivity index (χ4v) is 2.73. The van der Waals surface area contributed by atoms with Crippen molar-refractivity contribution in [3.63, 3.8) is 0 Å². The Morgan fingerprint density at radius 2 is 1.71 bits per heavy atom. The van der Waals surface area contributed by atoms with Crippen LogP contribution in [0.1, 0.15) is 24.0 Å². The fourth-order valence-electron chi connectivity index (χ4n) is 2.57. The number of nitrogens with zero attached hydrogens (tertiary/aromatic N) is 1. The van der Waals surface area contributed by atoms with Crippen LogP contribution < -0.4 is 5.32 Å². The van der Waals surface area contributed by atoms with Crippen molar-refractivity contribution in [3.05, 3.63) is 64.4 Å². The standard InChI is InChI=1S/C18H16ClFN2O2/c19-14-4-3-13(16(20)9-14)10-21-15-5-1-12(2-6-15)11-22-17(23)7-8-18(22)24/h1-6,9,21H,7-8,10-11H2. The van der Waals surface area contributed by atoms with Gasteiger partial charge in [-0.2, -0.15) is 0 Å². The number of hydrogen-bond donors (Lipinski definition) is 1. The number of halogens is 2. The van der Waals surface area contributed by atoms with Crippen LogP contribution in [-0.4, -0.2) is 16.7 Å². The molecule has 4 nitrogen and oxygen atoms in total. The lowest BCUT2D eigenvalue weighted by atomic mass is 10.1. The molecule has 0 unspecified atom stereocenters. The molecule has 24 heavy (non-hydrogen) atoms. The second-order valence-corrected chi connectivity index (χ2v) is 6.10. The van der Waals surface area contributed by atoms with Gasteiger partial charge in [-0.3, -0.25) is 14.5 Å². The molecule has 0 aromatic heterocycles. The minimum absolute atomic E-state index is 0.125. The monoisotopic (exact) mass is 346 g/mol. The maximum atomic E-state index is 13.7. The number of nitrogens with one attached hydrogen (secondary N) is 1. The van der Waals surface area contributed by atoms with E-state index in [1.54, 1.807) is 12.1 Å². The van der Waals surface area contributed by atoms with Gasteiger partial charge in [-0.15, -0.1) is 0 Å². The largest absolute Gasteiger partial charge is 0.381 e. The van der Waals surface area contributed by atoms with Gasteiger partial charge in [0, 0.05) is 35.7 Å². The summed E-state index contributed by atoms with van der Waals surface area (Å²) in [4.78, 5) is 24.5. The topological polar surface area (TPSA) is 49.4 Å². The number of rotatable bonds is 5. The van der Waals surface area contributed by atoms with E-state index < -0.39 is 0 Å². The molecule has 2 aromatic carbocycles. The van der Waals surface area contributed by atoms with Crippen molar-refractivity contribution in [2.45, 2.75) is 25.9 Å². The maximum absolute atomic E-state index is 13.7. The molecule has 0 spiro atoms. The molecule has 1 aliphatic rings. The van der Waals surface area contributed by atoms with Crippen LogP contribution in [-0.2, 0) is 22.7 Å². The zero-order chi connectivity index (χ0) is 17.1. The van der Waals surface area contributed by atoms with E-state index in [9.17, 15) is 14.0 Å². The summed E-state index contributed by atoms with van der Waals surface area (Å²) >= 11 is 5.73. The average Bonchev–Trinajstić information content (AvgIpc) is 2.87. The molecule has 2 aromatic rings. The molecule has 0 aliphatic carbocycles. The smallest absolute Gasteiger partial charge is 0.229 e.